The summed E-state index contributed by atoms with van der Waals surface area (Å²) in [6.07, 6.45) is 0.985. The van der Waals surface area contributed by atoms with Gasteiger partial charge in [-0.05, 0) is 18.4 Å². The summed E-state index contributed by atoms with van der Waals surface area (Å²) in [7, 11) is 0. The van der Waals surface area contributed by atoms with Crippen molar-refractivity contribution in [3.05, 3.63) is 35.2 Å². The van der Waals surface area contributed by atoms with E-state index in [2.05, 4.69) is 35.1 Å². The van der Waals surface area contributed by atoms with Crippen LogP contribution in [0.5, 0.6) is 0 Å². The van der Waals surface area contributed by atoms with Crippen molar-refractivity contribution >= 4 is 43.3 Å². The van der Waals surface area contributed by atoms with Gasteiger partial charge in [0.05, 0.1) is 5.56 Å². The standard InChI is InChI=1S/C15H18BrNOS/c1-10(2)7-11(8-16)17-15(18)13-9-19-14-6-4-3-5-12(13)14/h3-6,9-11H,7-8H2,1-2H3,(H,17,18). The van der Waals surface area contributed by atoms with Crippen molar-refractivity contribution in [1.82, 2.24) is 5.32 Å². The summed E-state index contributed by atoms with van der Waals surface area (Å²) in [4.78, 5) is 12.3. The third-order valence-corrected chi connectivity index (χ3v) is 4.75. The molecule has 0 aliphatic rings. The number of carbonyl (C=O) groups excluding carboxylic acids is 1. The van der Waals surface area contributed by atoms with E-state index in [0.29, 0.717) is 5.92 Å². The van der Waals surface area contributed by atoms with Gasteiger partial charge in [0.1, 0.15) is 0 Å². The van der Waals surface area contributed by atoms with Crippen LogP contribution in [0, 0.1) is 5.92 Å². The molecule has 2 nitrogen and oxygen atoms in total. The Bertz CT molecular complexity index is 564. The minimum atomic E-state index is 0.0301. The molecule has 0 aliphatic heterocycles. The first-order chi connectivity index (χ1) is 9.11. The molecule has 0 saturated carbocycles. The van der Waals surface area contributed by atoms with E-state index in [0.717, 1.165) is 27.4 Å². The third-order valence-electron chi connectivity index (χ3n) is 3.00. The van der Waals surface area contributed by atoms with E-state index in [1.807, 2.05) is 29.6 Å². The van der Waals surface area contributed by atoms with Crippen LogP contribution in [-0.4, -0.2) is 17.3 Å². The van der Waals surface area contributed by atoms with Crippen LogP contribution in [0.15, 0.2) is 29.6 Å². The number of rotatable bonds is 5. The molecule has 1 aromatic heterocycles. The van der Waals surface area contributed by atoms with E-state index >= 15 is 0 Å². The fourth-order valence-corrected chi connectivity index (χ4v) is 3.51. The van der Waals surface area contributed by atoms with Crippen molar-refractivity contribution in [2.75, 3.05) is 5.33 Å². The van der Waals surface area contributed by atoms with Gasteiger partial charge in [-0.1, -0.05) is 48.0 Å². The maximum Gasteiger partial charge on any atom is 0.253 e. The SMILES string of the molecule is CC(C)CC(CBr)NC(=O)c1csc2ccccc12. The lowest BCUT2D eigenvalue weighted by Gasteiger charge is -2.18. The number of carbonyl (C=O) groups is 1. The van der Waals surface area contributed by atoms with E-state index < -0.39 is 0 Å². The first-order valence-electron chi connectivity index (χ1n) is 6.45. The number of amides is 1. The Balaban J connectivity index is 2.15. The Morgan fingerprint density at radius 2 is 2.11 bits per heavy atom. The quantitative estimate of drug-likeness (QED) is 0.801. The number of benzene rings is 1. The van der Waals surface area contributed by atoms with Crippen LogP contribution >= 0.6 is 27.3 Å². The predicted octanol–water partition coefficient (Wildman–Crippen LogP) is 4.44. The van der Waals surface area contributed by atoms with Crippen molar-refractivity contribution in [2.24, 2.45) is 5.92 Å². The van der Waals surface area contributed by atoms with E-state index in [4.69, 9.17) is 0 Å². The molecule has 1 atom stereocenters. The zero-order chi connectivity index (χ0) is 13.8. The lowest BCUT2D eigenvalue weighted by molar-refractivity contribution is 0.0939. The predicted molar refractivity (Wildman–Crippen MR) is 86.3 cm³/mol. The molecule has 0 radical (unpaired) electrons. The van der Waals surface area contributed by atoms with Crippen molar-refractivity contribution in [1.29, 1.82) is 0 Å². The summed E-state index contributed by atoms with van der Waals surface area (Å²) in [6.45, 7) is 4.34. The molecule has 2 rings (SSSR count). The molecule has 0 bridgehead atoms. The van der Waals surface area contributed by atoms with E-state index in [9.17, 15) is 4.79 Å². The van der Waals surface area contributed by atoms with Gasteiger partial charge in [0.15, 0.2) is 0 Å². The number of hydrogen-bond acceptors (Lipinski definition) is 2. The van der Waals surface area contributed by atoms with Gasteiger partial charge >= 0.3 is 0 Å². The minimum Gasteiger partial charge on any atom is -0.348 e. The minimum absolute atomic E-state index is 0.0301. The summed E-state index contributed by atoms with van der Waals surface area (Å²) in [5.41, 5.74) is 0.787. The number of fused-ring (bicyclic) bond motifs is 1. The number of halogens is 1. The molecule has 0 aliphatic carbocycles. The summed E-state index contributed by atoms with van der Waals surface area (Å²) >= 11 is 5.09. The molecule has 19 heavy (non-hydrogen) atoms. The Morgan fingerprint density at radius 3 is 2.79 bits per heavy atom. The molecule has 0 spiro atoms. The molecule has 102 valence electrons. The Kier molecular flexibility index (Phi) is 4.99. The molecular formula is C15H18BrNOS. The second-order valence-corrected chi connectivity index (χ2v) is 6.66. The van der Waals surface area contributed by atoms with Gasteiger partial charge in [0.25, 0.3) is 5.91 Å². The number of alkyl halides is 1. The van der Waals surface area contributed by atoms with Crippen LogP contribution in [0.3, 0.4) is 0 Å². The molecular weight excluding hydrogens is 322 g/mol. The maximum atomic E-state index is 12.3. The van der Waals surface area contributed by atoms with Gasteiger partial charge in [-0.15, -0.1) is 11.3 Å². The highest BCUT2D eigenvalue weighted by Crippen LogP contribution is 2.25. The largest absolute Gasteiger partial charge is 0.348 e. The molecule has 1 amide bonds. The van der Waals surface area contributed by atoms with E-state index in [1.165, 1.54) is 0 Å². The number of hydrogen-bond donors (Lipinski definition) is 1. The second-order valence-electron chi connectivity index (χ2n) is 5.10. The second kappa shape index (κ2) is 6.53. The summed E-state index contributed by atoms with van der Waals surface area (Å²) < 4.78 is 1.16. The van der Waals surface area contributed by atoms with Crippen LogP contribution in [0.25, 0.3) is 10.1 Å². The lowest BCUT2D eigenvalue weighted by atomic mass is 10.0. The van der Waals surface area contributed by atoms with Gasteiger partial charge < -0.3 is 5.32 Å². The van der Waals surface area contributed by atoms with Gasteiger partial charge in [0, 0.05) is 26.8 Å². The molecule has 4 heteroatoms. The Labute approximate surface area is 126 Å². The molecule has 2 aromatic rings. The summed E-state index contributed by atoms with van der Waals surface area (Å²) in [5.74, 6) is 0.601. The Hall–Kier alpha value is -0.870. The first-order valence-corrected chi connectivity index (χ1v) is 8.45. The number of nitrogens with one attached hydrogen (secondary N) is 1. The molecule has 0 fully saturated rings. The van der Waals surface area contributed by atoms with Crippen molar-refractivity contribution in [2.45, 2.75) is 26.3 Å². The molecule has 1 aromatic carbocycles. The Morgan fingerprint density at radius 1 is 1.37 bits per heavy atom. The van der Waals surface area contributed by atoms with E-state index in [-0.39, 0.29) is 11.9 Å². The van der Waals surface area contributed by atoms with Crippen molar-refractivity contribution < 1.29 is 4.79 Å². The fraction of sp³-hybridized carbons (Fsp3) is 0.400. The summed E-state index contributed by atoms with van der Waals surface area (Å²) in [5, 5.41) is 6.89. The van der Waals surface area contributed by atoms with Gasteiger partial charge in [-0.2, -0.15) is 0 Å². The topological polar surface area (TPSA) is 29.1 Å². The molecule has 1 N–H and O–H groups in total. The van der Waals surface area contributed by atoms with Gasteiger partial charge in [-0.3, -0.25) is 4.79 Å². The highest BCUT2D eigenvalue weighted by molar-refractivity contribution is 9.09. The van der Waals surface area contributed by atoms with Crippen LogP contribution in [-0.2, 0) is 0 Å². The highest BCUT2D eigenvalue weighted by atomic mass is 79.9. The number of thiophene rings is 1. The van der Waals surface area contributed by atoms with Crippen LogP contribution in [0.4, 0.5) is 0 Å². The van der Waals surface area contributed by atoms with Crippen LogP contribution < -0.4 is 5.32 Å². The van der Waals surface area contributed by atoms with Crippen LogP contribution in [0.1, 0.15) is 30.6 Å². The smallest absolute Gasteiger partial charge is 0.253 e. The van der Waals surface area contributed by atoms with Crippen LogP contribution in [0.2, 0.25) is 0 Å². The summed E-state index contributed by atoms with van der Waals surface area (Å²) in [6, 6.07) is 8.22. The average molecular weight is 340 g/mol. The first kappa shape index (κ1) is 14.5. The molecule has 1 heterocycles. The molecule has 1 unspecified atom stereocenters. The van der Waals surface area contributed by atoms with E-state index in [1.54, 1.807) is 11.3 Å². The fourth-order valence-electron chi connectivity index (χ4n) is 2.15. The lowest BCUT2D eigenvalue weighted by Crippen LogP contribution is -2.36. The van der Waals surface area contributed by atoms with Crippen molar-refractivity contribution in [3.8, 4) is 0 Å². The average Bonchev–Trinajstić information content (AvgIpc) is 2.81. The van der Waals surface area contributed by atoms with Crippen molar-refractivity contribution in [3.63, 3.8) is 0 Å². The zero-order valence-corrected chi connectivity index (χ0v) is 13.6. The highest BCUT2D eigenvalue weighted by Gasteiger charge is 2.16. The third kappa shape index (κ3) is 3.57. The zero-order valence-electron chi connectivity index (χ0n) is 11.2. The normalized spacial score (nSPS) is 12.8. The monoisotopic (exact) mass is 339 g/mol. The molecule has 0 saturated heterocycles. The maximum absolute atomic E-state index is 12.3. The van der Waals surface area contributed by atoms with Gasteiger partial charge in [0.2, 0.25) is 0 Å². The van der Waals surface area contributed by atoms with Gasteiger partial charge in [-0.25, -0.2) is 0 Å².